The molecule has 1 aliphatic heterocycles. The Morgan fingerprint density at radius 3 is 2.43 bits per heavy atom. The summed E-state index contributed by atoms with van der Waals surface area (Å²) < 4.78 is 42.9. The van der Waals surface area contributed by atoms with Crippen LogP contribution in [0.4, 0.5) is 13.2 Å². The molecule has 0 spiro atoms. The first-order valence-electron chi connectivity index (χ1n) is 16.7. The zero-order valence-electron chi connectivity index (χ0n) is 27.9. The van der Waals surface area contributed by atoms with Crippen molar-refractivity contribution in [2.24, 2.45) is 5.92 Å². The van der Waals surface area contributed by atoms with E-state index in [0.717, 1.165) is 55.5 Å². The van der Waals surface area contributed by atoms with E-state index in [9.17, 15) is 23.1 Å². The van der Waals surface area contributed by atoms with Crippen molar-refractivity contribution in [1.29, 1.82) is 0 Å². The van der Waals surface area contributed by atoms with Crippen molar-refractivity contribution in [3.8, 4) is 0 Å². The fraction of sp³-hybridized carbons (Fsp3) is 0.595. The average molecular weight is 663 g/mol. The number of benzene rings is 2. The molecule has 4 rings (SSSR count). The van der Waals surface area contributed by atoms with Crippen LogP contribution in [0.2, 0.25) is 5.02 Å². The number of nitrogens with zero attached hydrogens (tertiary/aromatic N) is 2. The van der Waals surface area contributed by atoms with Crippen molar-refractivity contribution in [2.75, 3.05) is 26.7 Å². The summed E-state index contributed by atoms with van der Waals surface area (Å²) in [5.74, 6) is -0.406. The first kappa shape index (κ1) is 36.4. The smallest absolute Gasteiger partial charge is 0.480 e. The number of carbonyl (C=O) groups is 1. The van der Waals surface area contributed by atoms with Crippen LogP contribution in [0, 0.1) is 19.8 Å². The van der Waals surface area contributed by atoms with Crippen molar-refractivity contribution in [1.82, 2.24) is 9.80 Å². The minimum atomic E-state index is -4.65. The molecular weight excluding hydrogens is 613 g/mol. The summed E-state index contributed by atoms with van der Waals surface area (Å²) in [6, 6.07) is 10.9. The molecular formula is C37H50ClF3N2O3. The molecule has 2 aliphatic rings. The first-order valence-corrected chi connectivity index (χ1v) is 17.1. The number of likely N-dealkylation sites (N-methyl/N-ethyl adjacent to an activating group) is 1. The highest BCUT2D eigenvalue weighted by molar-refractivity contribution is 6.30. The lowest BCUT2D eigenvalue weighted by Gasteiger charge is -2.37. The van der Waals surface area contributed by atoms with Crippen LogP contribution < -0.4 is 0 Å². The zero-order chi connectivity index (χ0) is 33.6. The normalized spacial score (nSPS) is 22.6. The van der Waals surface area contributed by atoms with Gasteiger partial charge in [0.1, 0.15) is 6.04 Å². The molecule has 1 fully saturated rings. The third-order valence-electron chi connectivity index (χ3n) is 9.98. The van der Waals surface area contributed by atoms with E-state index >= 15 is 0 Å². The maximum atomic E-state index is 13.0. The highest BCUT2D eigenvalue weighted by atomic mass is 35.5. The SMILES string of the molecule is Cc1ccc(Cl)cc1[C@H](CCN(C)C(C(=O)O)c1cccc(C)c1C1CCC(OC(F)(F)F)CC1)N1CC/C=C(\C(C)C)CCC1. The number of aryl methyl sites for hydroxylation is 2. The Labute approximate surface area is 277 Å². The predicted octanol–water partition coefficient (Wildman–Crippen LogP) is 9.78. The highest BCUT2D eigenvalue weighted by Gasteiger charge is 2.37. The van der Waals surface area contributed by atoms with Gasteiger partial charge in [0, 0.05) is 24.2 Å². The van der Waals surface area contributed by atoms with Crippen LogP contribution in [0.25, 0.3) is 0 Å². The first-order chi connectivity index (χ1) is 21.7. The van der Waals surface area contributed by atoms with Gasteiger partial charge in [-0.2, -0.15) is 0 Å². The minimum Gasteiger partial charge on any atom is -0.480 e. The molecule has 0 radical (unpaired) electrons. The molecule has 1 N–H and O–H groups in total. The third kappa shape index (κ3) is 9.59. The van der Waals surface area contributed by atoms with E-state index in [1.165, 1.54) is 16.7 Å². The maximum absolute atomic E-state index is 13.0. The van der Waals surface area contributed by atoms with Gasteiger partial charge >= 0.3 is 12.3 Å². The lowest BCUT2D eigenvalue weighted by molar-refractivity contribution is -0.345. The van der Waals surface area contributed by atoms with Gasteiger partial charge < -0.3 is 5.11 Å². The molecule has 2 aromatic carbocycles. The number of allylic oxidation sites excluding steroid dienone is 1. The molecule has 1 saturated carbocycles. The van der Waals surface area contributed by atoms with Crippen molar-refractivity contribution in [3.05, 3.63) is 80.9 Å². The van der Waals surface area contributed by atoms with Crippen LogP contribution in [0.5, 0.6) is 0 Å². The minimum absolute atomic E-state index is 0.0220. The van der Waals surface area contributed by atoms with E-state index < -0.39 is 24.5 Å². The number of halogens is 4. The van der Waals surface area contributed by atoms with Gasteiger partial charge in [0.05, 0.1) is 6.10 Å². The summed E-state index contributed by atoms with van der Waals surface area (Å²) in [4.78, 5) is 17.4. The number of rotatable bonds is 11. The number of carboxylic acid groups (broad SMARTS) is 1. The Morgan fingerprint density at radius 1 is 1.07 bits per heavy atom. The Kier molecular flexibility index (Phi) is 12.8. The number of alkyl halides is 3. The molecule has 0 saturated heterocycles. The van der Waals surface area contributed by atoms with Gasteiger partial charge in [-0.25, -0.2) is 0 Å². The van der Waals surface area contributed by atoms with Crippen LogP contribution in [-0.2, 0) is 9.53 Å². The summed E-state index contributed by atoms with van der Waals surface area (Å²) >= 11 is 6.51. The molecule has 254 valence electrons. The molecule has 0 aromatic heterocycles. The molecule has 2 aromatic rings. The van der Waals surface area contributed by atoms with Crippen molar-refractivity contribution < 1.29 is 27.8 Å². The van der Waals surface area contributed by atoms with Gasteiger partial charge in [0.25, 0.3) is 0 Å². The van der Waals surface area contributed by atoms with E-state index in [1.54, 1.807) is 0 Å². The largest absolute Gasteiger partial charge is 0.522 e. The third-order valence-corrected chi connectivity index (χ3v) is 10.2. The van der Waals surface area contributed by atoms with Crippen LogP contribution in [0.3, 0.4) is 0 Å². The van der Waals surface area contributed by atoms with Gasteiger partial charge in [0.2, 0.25) is 0 Å². The average Bonchev–Trinajstić information content (AvgIpc) is 2.95. The second kappa shape index (κ2) is 16.1. The zero-order valence-corrected chi connectivity index (χ0v) is 28.6. The number of aliphatic carboxylic acids is 1. The fourth-order valence-corrected chi connectivity index (χ4v) is 7.81. The molecule has 5 nitrogen and oxygen atoms in total. The van der Waals surface area contributed by atoms with Gasteiger partial charge in [-0.15, -0.1) is 13.2 Å². The van der Waals surface area contributed by atoms with E-state index in [-0.39, 0.29) is 24.8 Å². The summed E-state index contributed by atoms with van der Waals surface area (Å²) in [6.07, 6.45) is 2.35. The van der Waals surface area contributed by atoms with E-state index in [0.29, 0.717) is 30.3 Å². The van der Waals surface area contributed by atoms with Crippen LogP contribution in [0.15, 0.2) is 48.0 Å². The number of hydrogen-bond acceptors (Lipinski definition) is 4. The molecule has 1 unspecified atom stereocenters. The van der Waals surface area contributed by atoms with Gasteiger partial charge in [-0.1, -0.05) is 61.4 Å². The lowest BCUT2D eigenvalue weighted by Crippen LogP contribution is -2.37. The quantitative estimate of drug-likeness (QED) is 0.243. The number of carboxylic acids is 1. The summed E-state index contributed by atoms with van der Waals surface area (Å²) in [6.45, 7) is 11.0. The molecule has 9 heteroatoms. The van der Waals surface area contributed by atoms with E-state index in [4.69, 9.17) is 11.6 Å². The Balaban J connectivity index is 1.57. The molecule has 1 aliphatic carbocycles. The summed E-state index contributed by atoms with van der Waals surface area (Å²) in [7, 11) is 1.87. The monoisotopic (exact) mass is 662 g/mol. The van der Waals surface area contributed by atoms with Gasteiger partial charge in [-0.05, 0) is 131 Å². The number of hydrogen-bond donors (Lipinski definition) is 1. The number of ether oxygens (including phenoxy) is 1. The topological polar surface area (TPSA) is 53.0 Å². The second-order valence-electron chi connectivity index (χ2n) is 13.5. The maximum Gasteiger partial charge on any atom is 0.522 e. The Morgan fingerprint density at radius 2 is 1.78 bits per heavy atom. The molecule has 1 heterocycles. The summed E-state index contributed by atoms with van der Waals surface area (Å²) in [5.41, 5.74) is 6.51. The Hall–Kier alpha value is -2.39. The van der Waals surface area contributed by atoms with Crippen LogP contribution in [-0.4, -0.2) is 60.0 Å². The molecule has 46 heavy (non-hydrogen) atoms. The Bertz CT molecular complexity index is 1350. The lowest BCUT2D eigenvalue weighted by atomic mass is 9.77. The fourth-order valence-electron chi connectivity index (χ4n) is 7.63. The van der Waals surface area contributed by atoms with Gasteiger partial charge in [0.15, 0.2) is 0 Å². The summed E-state index contributed by atoms with van der Waals surface area (Å²) in [5, 5.41) is 11.3. The van der Waals surface area contributed by atoms with E-state index in [2.05, 4.69) is 48.6 Å². The highest BCUT2D eigenvalue weighted by Crippen LogP contribution is 2.41. The van der Waals surface area contributed by atoms with Crippen molar-refractivity contribution in [2.45, 2.75) is 110 Å². The van der Waals surface area contributed by atoms with Gasteiger partial charge in [-0.3, -0.25) is 19.3 Å². The molecule has 2 atom stereocenters. The predicted molar refractivity (Wildman–Crippen MR) is 178 cm³/mol. The van der Waals surface area contributed by atoms with Crippen molar-refractivity contribution >= 4 is 17.6 Å². The standard InChI is InChI=1S/C37H50ClF3N2O3/c1-24(2)27-10-7-20-43(21-8-11-27)33(32-23-29(38)16-13-25(32)3)19-22-42(5)35(36(44)45)31-12-6-9-26(4)34(31)28-14-17-30(18-15-28)46-37(39,40)41/h6,9-10,12-13,16,23-24,28,30,33,35H,7-8,11,14-15,17-22H2,1-5H3,(H,44,45)/b27-10-/t28?,30?,33-,35?/m0/s1. The molecule has 0 bridgehead atoms. The molecule has 0 amide bonds. The van der Waals surface area contributed by atoms with Crippen molar-refractivity contribution in [3.63, 3.8) is 0 Å². The van der Waals surface area contributed by atoms with E-state index in [1.807, 2.05) is 43.1 Å². The second-order valence-corrected chi connectivity index (χ2v) is 13.9. The van der Waals surface area contributed by atoms with Crippen LogP contribution in [0.1, 0.15) is 111 Å². The van der Waals surface area contributed by atoms with Crippen LogP contribution >= 0.6 is 11.6 Å².